The first kappa shape index (κ1) is 17.6. The van der Waals surface area contributed by atoms with E-state index in [-0.39, 0.29) is 18.1 Å². The number of benzene rings is 2. The topological polar surface area (TPSA) is 92.5 Å². The average molecular weight is 398 g/mol. The molecule has 2 N–H and O–H groups in total. The molecule has 0 spiro atoms. The quantitative estimate of drug-likeness (QED) is 0.383. The second-order valence-corrected chi connectivity index (χ2v) is 8.11. The maximum atomic E-state index is 12.4. The van der Waals surface area contributed by atoms with Gasteiger partial charge in [-0.25, -0.2) is 0 Å². The van der Waals surface area contributed by atoms with Crippen LogP contribution in [0.25, 0.3) is 19.5 Å². The summed E-state index contributed by atoms with van der Waals surface area (Å²) in [6.45, 7) is 0.0307. The first-order chi connectivity index (χ1) is 13.0. The molecule has 2 heterocycles. The SMILES string of the molecule is O=C(NCC(O)c1ccc([N+](=O)[O-])cc1)c1cc2sc3ccccc3c2s1. The van der Waals surface area contributed by atoms with E-state index in [0.29, 0.717) is 10.4 Å². The number of carbonyl (C=O) groups is 1. The number of nitro groups is 1. The van der Waals surface area contributed by atoms with Crippen LogP contribution in [0, 0.1) is 10.1 Å². The fourth-order valence-corrected chi connectivity index (χ4v) is 5.27. The Bertz CT molecular complexity index is 1150. The van der Waals surface area contributed by atoms with Crippen molar-refractivity contribution in [3.05, 3.63) is 75.2 Å². The van der Waals surface area contributed by atoms with Gasteiger partial charge in [0, 0.05) is 33.5 Å². The predicted octanol–water partition coefficient (Wildman–Crippen LogP) is 4.49. The molecule has 6 nitrogen and oxygen atoms in total. The fraction of sp³-hybridized carbons (Fsp3) is 0.105. The molecule has 0 aliphatic carbocycles. The van der Waals surface area contributed by atoms with Gasteiger partial charge in [0.2, 0.25) is 0 Å². The zero-order valence-electron chi connectivity index (χ0n) is 13.9. The number of amides is 1. The van der Waals surface area contributed by atoms with E-state index in [2.05, 4.69) is 11.4 Å². The number of rotatable bonds is 5. The summed E-state index contributed by atoms with van der Waals surface area (Å²) in [6, 6.07) is 15.6. The van der Waals surface area contributed by atoms with E-state index in [9.17, 15) is 20.0 Å². The Kier molecular flexibility index (Phi) is 4.61. The summed E-state index contributed by atoms with van der Waals surface area (Å²) >= 11 is 3.09. The Labute approximate surface area is 161 Å². The van der Waals surface area contributed by atoms with Gasteiger partial charge >= 0.3 is 0 Å². The van der Waals surface area contributed by atoms with Crippen LogP contribution >= 0.6 is 22.7 Å². The molecular formula is C19H14N2O4S2. The van der Waals surface area contributed by atoms with Crippen LogP contribution in [0.3, 0.4) is 0 Å². The van der Waals surface area contributed by atoms with Gasteiger partial charge < -0.3 is 10.4 Å². The minimum atomic E-state index is -0.934. The van der Waals surface area contributed by atoms with Crippen LogP contribution in [0.1, 0.15) is 21.3 Å². The summed E-state index contributed by atoms with van der Waals surface area (Å²) in [5.41, 5.74) is 0.472. The Morgan fingerprint density at radius 1 is 1.11 bits per heavy atom. The number of nitro benzene ring substituents is 1. The lowest BCUT2D eigenvalue weighted by molar-refractivity contribution is -0.384. The molecule has 4 rings (SSSR count). The van der Waals surface area contributed by atoms with Gasteiger partial charge in [0.25, 0.3) is 11.6 Å². The van der Waals surface area contributed by atoms with E-state index in [4.69, 9.17) is 0 Å². The van der Waals surface area contributed by atoms with Crippen molar-refractivity contribution < 1.29 is 14.8 Å². The summed E-state index contributed by atoms with van der Waals surface area (Å²) < 4.78 is 3.36. The average Bonchev–Trinajstić information content (AvgIpc) is 3.24. The largest absolute Gasteiger partial charge is 0.387 e. The molecule has 4 aromatic rings. The Morgan fingerprint density at radius 2 is 1.85 bits per heavy atom. The minimum Gasteiger partial charge on any atom is -0.387 e. The highest BCUT2D eigenvalue weighted by atomic mass is 32.1. The first-order valence-electron chi connectivity index (χ1n) is 8.14. The van der Waals surface area contributed by atoms with E-state index in [1.807, 2.05) is 24.3 Å². The Morgan fingerprint density at radius 3 is 2.59 bits per heavy atom. The van der Waals surface area contributed by atoms with Crippen molar-refractivity contribution in [3.8, 4) is 0 Å². The van der Waals surface area contributed by atoms with Crippen molar-refractivity contribution >= 4 is 53.8 Å². The number of nitrogens with one attached hydrogen (secondary N) is 1. The van der Waals surface area contributed by atoms with Crippen molar-refractivity contribution in [3.63, 3.8) is 0 Å². The summed E-state index contributed by atoms with van der Waals surface area (Å²) in [7, 11) is 0. The van der Waals surface area contributed by atoms with Gasteiger partial charge in [0.15, 0.2) is 0 Å². The summed E-state index contributed by atoms with van der Waals surface area (Å²) in [5, 5.41) is 24.8. The van der Waals surface area contributed by atoms with Gasteiger partial charge in [0.1, 0.15) is 0 Å². The van der Waals surface area contributed by atoms with Crippen molar-refractivity contribution in [1.82, 2.24) is 5.32 Å². The monoisotopic (exact) mass is 398 g/mol. The maximum absolute atomic E-state index is 12.4. The zero-order chi connectivity index (χ0) is 19.0. The molecule has 2 aromatic heterocycles. The molecule has 136 valence electrons. The molecule has 0 bridgehead atoms. The van der Waals surface area contributed by atoms with Crippen molar-refractivity contribution in [1.29, 1.82) is 0 Å². The third-order valence-corrected chi connectivity index (χ3v) is 6.63. The number of aliphatic hydroxyl groups is 1. The van der Waals surface area contributed by atoms with Gasteiger partial charge in [-0.05, 0) is 29.8 Å². The van der Waals surface area contributed by atoms with Gasteiger partial charge in [-0.15, -0.1) is 22.7 Å². The lowest BCUT2D eigenvalue weighted by Crippen LogP contribution is -2.27. The molecule has 0 fully saturated rings. The first-order valence-corrected chi connectivity index (χ1v) is 9.78. The van der Waals surface area contributed by atoms with Crippen LogP contribution in [0.2, 0.25) is 0 Å². The normalized spacial score (nSPS) is 12.3. The molecule has 1 unspecified atom stereocenters. The summed E-state index contributed by atoms with van der Waals surface area (Å²) in [6.07, 6.45) is -0.934. The van der Waals surface area contributed by atoms with E-state index in [1.165, 1.54) is 40.3 Å². The van der Waals surface area contributed by atoms with E-state index >= 15 is 0 Å². The van der Waals surface area contributed by atoms with Crippen LogP contribution in [-0.2, 0) is 0 Å². The molecular weight excluding hydrogens is 384 g/mol. The number of non-ortho nitro benzene ring substituents is 1. The minimum absolute atomic E-state index is 0.0307. The number of nitrogens with zero attached hydrogens (tertiary/aromatic N) is 1. The number of hydrogen-bond donors (Lipinski definition) is 2. The molecule has 27 heavy (non-hydrogen) atoms. The summed E-state index contributed by atoms with van der Waals surface area (Å²) in [4.78, 5) is 23.2. The highest BCUT2D eigenvalue weighted by molar-refractivity contribution is 7.33. The summed E-state index contributed by atoms with van der Waals surface area (Å²) in [5.74, 6) is -0.242. The molecule has 0 saturated heterocycles. The number of fused-ring (bicyclic) bond motifs is 3. The third kappa shape index (κ3) is 3.42. The van der Waals surface area contributed by atoms with Crippen molar-refractivity contribution in [2.75, 3.05) is 6.54 Å². The molecule has 8 heteroatoms. The lowest BCUT2D eigenvalue weighted by atomic mass is 10.1. The van der Waals surface area contributed by atoms with Crippen molar-refractivity contribution in [2.24, 2.45) is 0 Å². The third-order valence-electron chi connectivity index (χ3n) is 4.22. The van der Waals surface area contributed by atoms with E-state index in [0.717, 1.165) is 14.8 Å². The number of carbonyl (C=O) groups excluding carboxylic acids is 1. The van der Waals surface area contributed by atoms with E-state index in [1.54, 1.807) is 11.3 Å². The van der Waals surface area contributed by atoms with Gasteiger partial charge in [0.05, 0.1) is 20.6 Å². The smallest absolute Gasteiger partial charge is 0.269 e. The standard InChI is InChI=1S/C19H14N2O4S2/c22-14(11-5-7-12(8-6-11)21(24)25)10-20-19(23)17-9-16-18(27-17)13-3-1-2-4-15(13)26-16/h1-9,14,22H,10H2,(H,20,23). The predicted molar refractivity (Wildman–Crippen MR) is 108 cm³/mol. The van der Waals surface area contributed by atoms with Crippen LogP contribution in [0.4, 0.5) is 5.69 Å². The molecule has 2 aromatic carbocycles. The van der Waals surface area contributed by atoms with Gasteiger partial charge in [-0.1, -0.05) is 18.2 Å². The second kappa shape index (κ2) is 7.07. The highest BCUT2D eigenvalue weighted by Gasteiger charge is 2.16. The maximum Gasteiger partial charge on any atom is 0.269 e. The molecule has 0 radical (unpaired) electrons. The molecule has 0 aliphatic rings. The fourth-order valence-electron chi connectivity index (χ4n) is 2.82. The molecule has 1 amide bonds. The number of hydrogen-bond acceptors (Lipinski definition) is 6. The van der Waals surface area contributed by atoms with Gasteiger partial charge in [-0.3, -0.25) is 14.9 Å². The molecule has 0 aliphatic heterocycles. The lowest BCUT2D eigenvalue weighted by Gasteiger charge is -2.11. The van der Waals surface area contributed by atoms with Gasteiger partial charge in [-0.2, -0.15) is 0 Å². The van der Waals surface area contributed by atoms with Crippen LogP contribution < -0.4 is 5.32 Å². The molecule has 1 atom stereocenters. The highest BCUT2D eigenvalue weighted by Crippen LogP contribution is 2.39. The van der Waals surface area contributed by atoms with E-state index < -0.39 is 11.0 Å². The number of thiophene rings is 2. The van der Waals surface area contributed by atoms with Crippen LogP contribution in [0.5, 0.6) is 0 Å². The van der Waals surface area contributed by atoms with Crippen molar-refractivity contribution in [2.45, 2.75) is 6.10 Å². The van der Waals surface area contributed by atoms with Crippen LogP contribution in [0.15, 0.2) is 54.6 Å². The zero-order valence-corrected chi connectivity index (χ0v) is 15.5. The Balaban J connectivity index is 1.45. The number of aliphatic hydroxyl groups excluding tert-OH is 1. The Hall–Kier alpha value is -2.81. The second-order valence-electron chi connectivity index (χ2n) is 5.98. The van der Waals surface area contributed by atoms with Crippen LogP contribution in [-0.4, -0.2) is 22.5 Å². The molecule has 0 saturated carbocycles.